The highest BCUT2D eigenvalue weighted by molar-refractivity contribution is 5.93. The van der Waals surface area contributed by atoms with Crippen molar-refractivity contribution in [1.29, 1.82) is 0 Å². The Labute approximate surface area is 160 Å². The van der Waals surface area contributed by atoms with Crippen molar-refractivity contribution in [3.8, 4) is 0 Å². The average Bonchev–Trinajstić information content (AvgIpc) is 3.06. The van der Waals surface area contributed by atoms with Gasteiger partial charge in [-0.1, -0.05) is 30.3 Å². The first-order chi connectivity index (χ1) is 13.3. The number of carbonyl (C=O) groups excluding carboxylic acids is 1. The molecule has 1 aromatic carbocycles. The number of nitrogens with one attached hydrogen (secondary N) is 1. The molecule has 2 aliphatic heterocycles. The van der Waals surface area contributed by atoms with E-state index in [2.05, 4.69) is 45.5 Å². The molecule has 1 spiro atoms. The standard InChI is InChI=1S/C22H27N3O2/c26-21(24-19-7-4-11-23-15-19)20-16-25(12-8-18-5-2-1-3-6-18)17-22(20)9-13-27-14-10-22/h1-7,11,15,20H,8-10,12-14,16-17H2,(H,24,26). The summed E-state index contributed by atoms with van der Waals surface area (Å²) in [5.74, 6) is 0.115. The maximum Gasteiger partial charge on any atom is 0.229 e. The molecule has 0 radical (unpaired) electrons. The lowest BCUT2D eigenvalue weighted by molar-refractivity contribution is -0.124. The maximum absolute atomic E-state index is 13.1. The van der Waals surface area contributed by atoms with Gasteiger partial charge in [-0.15, -0.1) is 0 Å². The molecule has 0 aliphatic carbocycles. The number of hydrogen-bond acceptors (Lipinski definition) is 4. The molecule has 5 nitrogen and oxygen atoms in total. The molecule has 0 bridgehead atoms. The fourth-order valence-electron chi connectivity index (χ4n) is 4.49. The van der Waals surface area contributed by atoms with Gasteiger partial charge in [0.15, 0.2) is 0 Å². The molecule has 1 amide bonds. The zero-order valence-electron chi connectivity index (χ0n) is 15.6. The Morgan fingerprint density at radius 1 is 1.19 bits per heavy atom. The lowest BCUT2D eigenvalue weighted by Crippen LogP contribution is -2.42. The molecule has 2 aliphatic rings. The minimum atomic E-state index is -0.00243. The summed E-state index contributed by atoms with van der Waals surface area (Å²) in [5.41, 5.74) is 2.15. The number of likely N-dealkylation sites (tertiary alicyclic amines) is 1. The number of pyridine rings is 1. The maximum atomic E-state index is 13.1. The summed E-state index contributed by atoms with van der Waals surface area (Å²) in [6, 6.07) is 14.3. The predicted octanol–water partition coefficient (Wildman–Crippen LogP) is 2.99. The van der Waals surface area contributed by atoms with Gasteiger partial charge in [-0.3, -0.25) is 9.78 Å². The third-order valence-electron chi connectivity index (χ3n) is 6.01. The molecule has 0 saturated carbocycles. The first kappa shape index (κ1) is 18.1. The van der Waals surface area contributed by atoms with Crippen molar-refractivity contribution in [1.82, 2.24) is 9.88 Å². The van der Waals surface area contributed by atoms with Crippen LogP contribution in [-0.4, -0.2) is 48.6 Å². The van der Waals surface area contributed by atoms with Crippen molar-refractivity contribution in [3.63, 3.8) is 0 Å². The number of aromatic nitrogens is 1. The smallest absolute Gasteiger partial charge is 0.229 e. The second-order valence-electron chi connectivity index (χ2n) is 7.73. The molecule has 2 saturated heterocycles. The zero-order valence-corrected chi connectivity index (χ0v) is 15.6. The lowest BCUT2D eigenvalue weighted by atomic mass is 9.71. The van der Waals surface area contributed by atoms with Gasteiger partial charge in [0, 0.05) is 44.5 Å². The van der Waals surface area contributed by atoms with Crippen molar-refractivity contribution in [2.45, 2.75) is 19.3 Å². The lowest BCUT2D eigenvalue weighted by Gasteiger charge is -2.37. The van der Waals surface area contributed by atoms with Gasteiger partial charge in [0.1, 0.15) is 0 Å². The van der Waals surface area contributed by atoms with E-state index in [9.17, 15) is 4.79 Å². The number of ether oxygens (including phenoxy) is 1. The molecule has 27 heavy (non-hydrogen) atoms. The van der Waals surface area contributed by atoms with Crippen LogP contribution < -0.4 is 5.32 Å². The van der Waals surface area contributed by atoms with Crippen LogP contribution in [0.1, 0.15) is 18.4 Å². The number of rotatable bonds is 5. The highest BCUT2D eigenvalue weighted by Crippen LogP contribution is 2.44. The van der Waals surface area contributed by atoms with Gasteiger partial charge in [0.05, 0.1) is 17.8 Å². The number of amides is 1. The summed E-state index contributed by atoms with van der Waals surface area (Å²) in [7, 11) is 0. The summed E-state index contributed by atoms with van der Waals surface area (Å²) < 4.78 is 5.61. The SMILES string of the molecule is O=C(Nc1cccnc1)C1CN(CCc2ccccc2)CC12CCOCC2. The number of anilines is 1. The van der Waals surface area contributed by atoms with Crippen LogP contribution in [0.3, 0.4) is 0 Å². The predicted molar refractivity (Wildman–Crippen MR) is 105 cm³/mol. The van der Waals surface area contributed by atoms with Crippen molar-refractivity contribution in [2.75, 3.05) is 38.2 Å². The molecule has 1 atom stereocenters. The van der Waals surface area contributed by atoms with E-state index in [4.69, 9.17) is 4.74 Å². The van der Waals surface area contributed by atoms with Crippen LogP contribution >= 0.6 is 0 Å². The molecule has 1 unspecified atom stereocenters. The topological polar surface area (TPSA) is 54.5 Å². The normalized spacial score (nSPS) is 22.0. The van der Waals surface area contributed by atoms with Gasteiger partial charge in [-0.25, -0.2) is 0 Å². The molecule has 5 heteroatoms. The highest BCUT2D eigenvalue weighted by atomic mass is 16.5. The van der Waals surface area contributed by atoms with Crippen LogP contribution in [0.2, 0.25) is 0 Å². The number of nitrogens with zero attached hydrogens (tertiary/aromatic N) is 2. The Kier molecular flexibility index (Phi) is 5.50. The molecular weight excluding hydrogens is 338 g/mol. The monoisotopic (exact) mass is 365 g/mol. The number of carbonyl (C=O) groups is 1. The van der Waals surface area contributed by atoms with Crippen LogP contribution in [0.15, 0.2) is 54.9 Å². The molecular formula is C22H27N3O2. The largest absolute Gasteiger partial charge is 0.381 e. The molecule has 4 rings (SSSR count). The van der Waals surface area contributed by atoms with Crippen LogP contribution in [0.5, 0.6) is 0 Å². The van der Waals surface area contributed by atoms with E-state index in [1.165, 1.54) is 5.56 Å². The van der Waals surface area contributed by atoms with E-state index in [0.29, 0.717) is 0 Å². The highest BCUT2D eigenvalue weighted by Gasteiger charge is 2.50. The Morgan fingerprint density at radius 3 is 2.74 bits per heavy atom. The van der Waals surface area contributed by atoms with Crippen molar-refractivity contribution in [2.24, 2.45) is 11.3 Å². The molecule has 2 fully saturated rings. The van der Waals surface area contributed by atoms with Gasteiger partial charge < -0.3 is 15.0 Å². The van der Waals surface area contributed by atoms with Gasteiger partial charge in [0.2, 0.25) is 5.91 Å². The fourth-order valence-corrected chi connectivity index (χ4v) is 4.49. The van der Waals surface area contributed by atoms with E-state index in [1.54, 1.807) is 12.4 Å². The minimum Gasteiger partial charge on any atom is -0.381 e. The molecule has 142 valence electrons. The molecule has 1 N–H and O–H groups in total. The molecule has 3 heterocycles. The van der Waals surface area contributed by atoms with E-state index in [-0.39, 0.29) is 17.2 Å². The van der Waals surface area contributed by atoms with Crippen LogP contribution in [0, 0.1) is 11.3 Å². The Hall–Kier alpha value is -2.24. The molecule has 2 aromatic rings. The summed E-state index contributed by atoms with van der Waals surface area (Å²) in [4.78, 5) is 19.7. The van der Waals surface area contributed by atoms with Crippen LogP contribution in [0.4, 0.5) is 5.69 Å². The Balaban J connectivity index is 1.45. The van der Waals surface area contributed by atoms with E-state index in [1.807, 2.05) is 12.1 Å². The van der Waals surface area contributed by atoms with E-state index >= 15 is 0 Å². The minimum absolute atomic E-state index is 0.00243. The van der Waals surface area contributed by atoms with Crippen LogP contribution in [-0.2, 0) is 16.0 Å². The summed E-state index contributed by atoms with van der Waals surface area (Å²) in [6.07, 6.45) is 6.36. The van der Waals surface area contributed by atoms with Crippen molar-refractivity contribution < 1.29 is 9.53 Å². The van der Waals surface area contributed by atoms with E-state index < -0.39 is 0 Å². The number of hydrogen-bond donors (Lipinski definition) is 1. The van der Waals surface area contributed by atoms with Gasteiger partial charge in [0.25, 0.3) is 0 Å². The average molecular weight is 365 g/mol. The van der Waals surface area contributed by atoms with Crippen molar-refractivity contribution >= 4 is 11.6 Å². The van der Waals surface area contributed by atoms with Gasteiger partial charge >= 0.3 is 0 Å². The summed E-state index contributed by atoms with van der Waals surface area (Å²) >= 11 is 0. The summed E-state index contributed by atoms with van der Waals surface area (Å²) in [5, 5.41) is 3.08. The van der Waals surface area contributed by atoms with Crippen molar-refractivity contribution in [3.05, 3.63) is 60.4 Å². The zero-order chi connectivity index (χ0) is 18.5. The second-order valence-corrected chi connectivity index (χ2v) is 7.73. The first-order valence-corrected chi connectivity index (χ1v) is 9.80. The second kappa shape index (κ2) is 8.19. The molecule has 1 aromatic heterocycles. The third kappa shape index (κ3) is 4.20. The van der Waals surface area contributed by atoms with Gasteiger partial charge in [-0.05, 0) is 37.0 Å². The van der Waals surface area contributed by atoms with Gasteiger partial charge in [-0.2, -0.15) is 0 Å². The van der Waals surface area contributed by atoms with Crippen LogP contribution in [0.25, 0.3) is 0 Å². The Morgan fingerprint density at radius 2 is 2.00 bits per heavy atom. The Bertz CT molecular complexity index is 745. The number of benzene rings is 1. The quantitative estimate of drug-likeness (QED) is 0.885. The fraction of sp³-hybridized carbons (Fsp3) is 0.455. The van der Waals surface area contributed by atoms with E-state index in [0.717, 1.165) is 57.8 Å². The summed E-state index contributed by atoms with van der Waals surface area (Å²) in [6.45, 7) is 4.29. The third-order valence-corrected chi connectivity index (χ3v) is 6.01. The first-order valence-electron chi connectivity index (χ1n) is 9.80.